The van der Waals surface area contributed by atoms with E-state index in [-0.39, 0.29) is 18.0 Å². The van der Waals surface area contributed by atoms with Crippen molar-refractivity contribution in [3.8, 4) is 11.1 Å². The van der Waals surface area contributed by atoms with Gasteiger partial charge in [0.05, 0.1) is 11.7 Å². The van der Waals surface area contributed by atoms with Gasteiger partial charge in [-0.3, -0.25) is 14.2 Å². The van der Waals surface area contributed by atoms with Crippen LogP contribution in [0.4, 0.5) is 0 Å². The summed E-state index contributed by atoms with van der Waals surface area (Å²) in [4.78, 5) is 34.8. The van der Waals surface area contributed by atoms with Gasteiger partial charge >= 0.3 is 0 Å². The molecule has 0 spiro atoms. The molecule has 6 nitrogen and oxygen atoms in total. The molecule has 0 atom stereocenters. The summed E-state index contributed by atoms with van der Waals surface area (Å²) in [6, 6.07) is 8.10. The fourth-order valence-corrected chi connectivity index (χ4v) is 4.23. The number of rotatable bonds is 3. The number of piperazine rings is 1. The van der Waals surface area contributed by atoms with Crippen molar-refractivity contribution in [3.63, 3.8) is 0 Å². The number of carbonyl (C=O) groups excluding carboxylic acids is 1. The number of fused-ring (bicyclic) bond motifs is 1. The lowest BCUT2D eigenvalue weighted by Gasteiger charge is -2.32. The monoisotopic (exact) mass is 382 g/mol. The molecular formula is C20H22N4O2S. The minimum Gasteiger partial charge on any atom is -0.339 e. The molecule has 2 aromatic heterocycles. The lowest BCUT2D eigenvalue weighted by atomic mass is 10.1. The molecule has 0 radical (unpaired) electrons. The minimum absolute atomic E-state index is 0.0292. The van der Waals surface area contributed by atoms with E-state index in [9.17, 15) is 9.59 Å². The standard InChI is InChI=1S/C20H22N4O2S/c1-14-3-5-15(6-4-14)16-12-27-19-18(16)20(26)24(13-21-19)11-17(25)23-9-7-22(2)8-10-23/h3-6,12-13H,7-11H2,1-2H3. The van der Waals surface area contributed by atoms with E-state index in [0.29, 0.717) is 23.3 Å². The first-order valence-electron chi connectivity index (χ1n) is 9.03. The Morgan fingerprint density at radius 3 is 2.56 bits per heavy atom. The van der Waals surface area contributed by atoms with E-state index < -0.39 is 0 Å². The summed E-state index contributed by atoms with van der Waals surface area (Å²) in [5.41, 5.74) is 2.90. The molecule has 0 unspecified atom stereocenters. The normalized spacial score (nSPS) is 15.4. The van der Waals surface area contributed by atoms with Crippen molar-refractivity contribution in [2.75, 3.05) is 33.2 Å². The van der Waals surface area contributed by atoms with Crippen LogP contribution in [-0.4, -0.2) is 58.5 Å². The van der Waals surface area contributed by atoms with Crippen molar-refractivity contribution in [2.45, 2.75) is 13.5 Å². The van der Waals surface area contributed by atoms with Gasteiger partial charge in [-0.1, -0.05) is 29.8 Å². The Morgan fingerprint density at radius 2 is 1.85 bits per heavy atom. The van der Waals surface area contributed by atoms with Gasteiger partial charge in [0.2, 0.25) is 5.91 Å². The third-order valence-corrected chi connectivity index (χ3v) is 5.97. The molecule has 27 heavy (non-hydrogen) atoms. The summed E-state index contributed by atoms with van der Waals surface area (Å²) in [6.45, 7) is 5.20. The second kappa shape index (κ2) is 7.25. The van der Waals surface area contributed by atoms with Gasteiger partial charge in [0.25, 0.3) is 5.56 Å². The summed E-state index contributed by atoms with van der Waals surface area (Å²) in [5, 5.41) is 2.56. The predicted molar refractivity (Wildman–Crippen MR) is 108 cm³/mol. The van der Waals surface area contributed by atoms with E-state index in [4.69, 9.17) is 0 Å². The predicted octanol–water partition coefficient (Wildman–Crippen LogP) is 2.21. The first-order chi connectivity index (χ1) is 13.0. The number of benzene rings is 1. The fraction of sp³-hybridized carbons (Fsp3) is 0.350. The molecule has 1 aliphatic heterocycles. The minimum atomic E-state index is -0.153. The summed E-state index contributed by atoms with van der Waals surface area (Å²) < 4.78 is 1.44. The maximum absolute atomic E-state index is 13.1. The number of amides is 1. The van der Waals surface area contributed by atoms with Gasteiger partial charge in [-0.05, 0) is 19.5 Å². The lowest BCUT2D eigenvalue weighted by molar-refractivity contribution is -0.133. The van der Waals surface area contributed by atoms with E-state index in [1.165, 1.54) is 27.8 Å². The average Bonchev–Trinajstić information content (AvgIpc) is 3.10. The second-order valence-electron chi connectivity index (χ2n) is 7.06. The van der Waals surface area contributed by atoms with Crippen molar-refractivity contribution in [3.05, 3.63) is 51.9 Å². The first-order valence-corrected chi connectivity index (χ1v) is 9.91. The number of aromatic nitrogens is 2. The Balaban J connectivity index is 1.65. The molecule has 140 valence electrons. The van der Waals surface area contributed by atoms with Crippen LogP contribution in [0.25, 0.3) is 21.3 Å². The van der Waals surface area contributed by atoms with E-state index in [1.807, 2.05) is 48.5 Å². The van der Waals surface area contributed by atoms with Crippen LogP contribution in [0.3, 0.4) is 0 Å². The van der Waals surface area contributed by atoms with Crippen molar-refractivity contribution < 1.29 is 4.79 Å². The van der Waals surface area contributed by atoms with Crippen molar-refractivity contribution in [1.82, 2.24) is 19.4 Å². The van der Waals surface area contributed by atoms with Crippen molar-refractivity contribution in [1.29, 1.82) is 0 Å². The van der Waals surface area contributed by atoms with Gasteiger partial charge in [-0.25, -0.2) is 4.98 Å². The molecule has 1 fully saturated rings. The maximum Gasteiger partial charge on any atom is 0.263 e. The Kier molecular flexibility index (Phi) is 4.80. The molecular weight excluding hydrogens is 360 g/mol. The van der Waals surface area contributed by atoms with Crippen LogP contribution in [0.2, 0.25) is 0 Å². The van der Waals surface area contributed by atoms with Gasteiger partial charge < -0.3 is 9.80 Å². The second-order valence-corrected chi connectivity index (χ2v) is 7.92. The molecule has 0 saturated carbocycles. The van der Waals surface area contributed by atoms with Crippen molar-refractivity contribution >= 4 is 27.5 Å². The third-order valence-electron chi connectivity index (χ3n) is 5.08. The number of thiophene rings is 1. The smallest absolute Gasteiger partial charge is 0.263 e. The molecule has 0 bridgehead atoms. The average molecular weight is 382 g/mol. The molecule has 1 aromatic carbocycles. The Labute approximate surface area is 161 Å². The Bertz CT molecular complexity index is 1030. The number of carbonyl (C=O) groups is 1. The van der Waals surface area contributed by atoms with Crippen LogP contribution < -0.4 is 5.56 Å². The molecule has 7 heteroatoms. The zero-order valence-electron chi connectivity index (χ0n) is 15.5. The number of likely N-dealkylation sites (N-methyl/N-ethyl adjacent to an activating group) is 1. The molecule has 0 aliphatic carbocycles. The largest absolute Gasteiger partial charge is 0.339 e. The number of hydrogen-bond acceptors (Lipinski definition) is 5. The quantitative estimate of drug-likeness (QED) is 0.697. The van der Waals surface area contributed by atoms with Crippen LogP contribution in [0.15, 0.2) is 40.8 Å². The van der Waals surface area contributed by atoms with Gasteiger partial charge in [0.15, 0.2) is 0 Å². The highest BCUT2D eigenvalue weighted by Gasteiger charge is 2.21. The first kappa shape index (κ1) is 17.9. The molecule has 0 N–H and O–H groups in total. The van der Waals surface area contributed by atoms with Crippen LogP contribution in [0, 0.1) is 6.92 Å². The topological polar surface area (TPSA) is 58.4 Å². The van der Waals surface area contributed by atoms with Crippen LogP contribution in [-0.2, 0) is 11.3 Å². The number of hydrogen-bond donors (Lipinski definition) is 0. The molecule has 1 aliphatic rings. The number of aryl methyl sites for hydroxylation is 1. The Morgan fingerprint density at radius 1 is 1.15 bits per heavy atom. The number of nitrogens with zero attached hydrogens (tertiary/aromatic N) is 4. The lowest BCUT2D eigenvalue weighted by Crippen LogP contribution is -2.48. The Hall–Kier alpha value is -2.51. The van der Waals surface area contributed by atoms with Crippen molar-refractivity contribution in [2.24, 2.45) is 0 Å². The van der Waals surface area contributed by atoms with E-state index in [1.54, 1.807) is 0 Å². The summed E-state index contributed by atoms with van der Waals surface area (Å²) >= 11 is 1.46. The van der Waals surface area contributed by atoms with Gasteiger partial charge in [-0.15, -0.1) is 11.3 Å². The summed E-state index contributed by atoms with van der Waals surface area (Å²) in [5.74, 6) is -0.0292. The van der Waals surface area contributed by atoms with Crippen LogP contribution in [0.5, 0.6) is 0 Å². The molecule has 1 saturated heterocycles. The highest BCUT2D eigenvalue weighted by Crippen LogP contribution is 2.30. The van der Waals surface area contributed by atoms with E-state index in [0.717, 1.165) is 24.2 Å². The summed E-state index contributed by atoms with van der Waals surface area (Å²) in [7, 11) is 2.05. The molecule has 3 aromatic rings. The zero-order valence-corrected chi connectivity index (χ0v) is 16.3. The molecule has 3 heterocycles. The molecule has 1 amide bonds. The van der Waals surface area contributed by atoms with Gasteiger partial charge in [0, 0.05) is 37.1 Å². The SMILES string of the molecule is Cc1ccc(-c2csc3ncn(CC(=O)N4CCN(C)CC4)c(=O)c23)cc1. The van der Waals surface area contributed by atoms with Gasteiger partial charge in [0.1, 0.15) is 11.4 Å². The highest BCUT2D eigenvalue weighted by molar-refractivity contribution is 7.17. The van der Waals surface area contributed by atoms with E-state index >= 15 is 0 Å². The third kappa shape index (κ3) is 3.52. The summed E-state index contributed by atoms with van der Waals surface area (Å²) in [6.07, 6.45) is 1.49. The fourth-order valence-electron chi connectivity index (χ4n) is 3.33. The molecule has 4 rings (SSSR count). The maximum atomic E-state index is 13.1. The van der Waals surface area contributed by atoms with Crippen LogP contribution >= 0.6 is 11.3 Å². The van der Waals surface area contributed by atoms with Crippen LogP contribution in [0.1, 0.15) is 5.56 Å². The van der Waals surface area contributed by atoms with E-state index in [2.05, 4.69) is 9.88 Å². The highest BCUT2D eigenvalue weighted by atomic mass is 32.1. The zero-order chi connectivity index (χ0) is 19.0. The van der Waals surface area contributed by atoms with Gasteiger partial charge in [-0.2, -0.15) is 0 Å².